The van der Waals surface area contributed by atoms with E-state index in [9.17, 15) is 0 Å². The van der Waals surface area contributed by atoms with Gasteiger partial charge in [-0.25, -0.2) is 0 Å². The Bertz CT molecular complexity index is 534. The average molecular weight is 399 g/mol. The molecule has 0 aliphatic rings. The molecule has 2 aromatic rings. The van der Waals surface area contributed by atoms with Crippen molar-refractivity contribution in [1.29, 1.82) is 0 Å². The zero-order valence-electron chi connectivity index (χ0n) is 12.4. The summed E-state index contributed by atoms with van der Waals surface area (Å²) in [4.78, 5) is 4.20. The molecule has 0 saturated heterocycles. The van der Waals surface area contributed by atoms with Gasteiger partial charge in [-0.05, 0) is 18.6 Å². The van der Waals surface area contributed by atoms with E-state index in [1.165, 1.54) is 11.1 Å². The van der Waals surface area contributed by atoms with Crippen LogP contribution in [-0.2, 0) is 13.1 Å². The number of aliphatic imine (C=N–C) groups is 1. The van der Waals surface area contributed by atoms with Crippen molar-refractivity contribution in [3.8, 4) is 0 Å². The van der Waals surface area contributed by atoms with Crippen molar-refractivity contribution in [2.75, 3.05) is 13.6 Å². The van der Waals surface area contributed by atoms with Gasteiger partial charge in [0.1, 0.15) is 0 Å². The Labute approximate surface area is 142 Å². The summed E-state index contributed by atoms with van der Waals surface area (Å²) in [6.45, 7) is 4.46. The van der Waals surface area contributed by atoms with E-state index in [0.717, 1.165) is 25.6 Å². The molecule has 0 amide bonds. The summed E-state index contributed by atoms with van der Waals surface area (Å²) in [7, 11) is 1.78. The Morgan fingerprint density at radius 1 is 1.24 bits per heavy atom. The molecule has 0 spiro atoms. The van der Waals surface area contributed by atoms with Crippen molar-refractivity contribution in [3.63, 3.8) is 0 Å². The summed E-state index contributed by atoms with van der Waals surface area (Å²) in [5.41, 5.74) is 2.51. The minimum atomic E-state index is 0. The van der Waals surface area contributed by atoms with Crippen LogP contribution in [0.1, 0.15) is 11.1 Å². The molecule has 2 N–H and O–H groups in total. The molecule has 5 nitrogen and oxygen atoms in total. The Morgan fingerprint density at radius 2 is 2.00 bits per heavy atom. The van der Waals surface area contributed by atoms with E-state index in [1.807, 2.05) is 16.9 Å². The molecular formula is C15H22IN5. The van der Waals surface area contributed by atoms with Crippen molar-refractivity contribution in [2.24, 2.45) is 4.99 Å². The van der Waals surface area contributed by atoms with E-state index in [2.05, 4.69) is 51.9 Å². The van der Waals surface area contributed by atoms with Gasteiger partial charge >= 0.3 is 0 Å². The maximum atomic E-state index is 4.20. The highest BCUT2D eigenvalue weighted by Crippen LogP contribution is 2.02. The van der Waals surface area contributed by atoms with E-state index < -0.39 is 0 Å². The highest BCUT2D eigenvalue weighted by molar-refractivity contribution is 14.0. The first kappa shape index (κ1) is 17.5. The Kier molecular flexibility index (Phi) is 7.81. The first-order valence-corrected chi connectivity index (χ1v) is 6.75. The smallest absolute Gasteiger partial charge is 0.191 e. The van der Waals surface area contributed by atoms with Gasteiger partial charge in [0.25, 0.3) is 0 Å². The summed E-state index contributed by atoms with van der Waals surface area (Å²) < 4.78 is 1.89. The quantitative estimate of drug-likeness (QED) is 0.461. The topological polar surface area (TPSA) is 54.2 Å². The van der Waals surface area contributed by atoms with Crippen LogP contribution in [0.5, 0.6) is 0 Å². The largest absolute Gasteiger partial charge is 0.355 e. The van der Waals surface area contributed by atoms with Crippen LogP contribution >= 0.6 is 24.0 Å². The third kappa shape index (κ3) is 6.16. The van der Waals surface area contributed by atoms with Crippen LogP contribution in [0.25, 0.3) is 0 Å². The number of nitrogens with one attached hydrogen (secondary N) is 2. The summed E-state index contributed by atoms with van der Waals surface area (Å²) in [6.07, 6.45) is 3.73. The lowest BCUT2D eigenvalue weighted by molar-refractivity contribution is 0.597. The second kappa shape index (κ2) is 9.38. The number of nitrogens with zero attached hydrogens (tertiary/aromatic N) is 3. The number of benzene rings is 1. The molecule has 21 heavy (non-hydrogen) atoms. The van der Waals surface area contributed by atoms with Crippen molar-refractivity contribution in [3.05, 3.63) is 53.9 Å². The maximum Gasteiger partial charge on any atom is 0.191 e. The number of halogens is 1. The minimum Gasteiger partial charge on any atom is -0.355 e. The molecule has 6 heteroatoms. The lowest BCUT2D eigenvalue weighted by Gasteiger charge is -2.12. The van der Waals surface area contributed by atoms with Crippen LogP contribution in [-0.4, -0.2) is 29.3 Å². The maximum absolute atomic E-state index is 4.20. The first-order valence-electron chi connectivity index (χ1n) is 6.75. The number of rotatable bonds is 5. The van der Waals surface area contributed by atoms with Gasteiger partial charge in [-0.1, -0.05) is 29.8 Å². The number of guanidine groups is 1. The Morgan fingerprint density at radius 3 is 2.62 bits per heavy atom. The molecule has 0 saturated carbocycles. The molecule has 0 fully saturated rings. The number of hydrogen-bond donors (Lipinski definition) is 2. The Hall–Kier alpha value is -1.57. The van der Waals surface area contributed by atoms with Gasteiger partial charge in [-0.3, -0.25) is 9.67 Å². The molecule has 0 radical (unpaired) electrons. The number of hydrogen-bond acceptors (Lipinski definition) is 2. The van der Waals surface area contributed by atoms with Gasteiger partial charge in [0.2, 0.25) is 0 Å². The summed E-state index contributed by atoms with van der Waals surface area (Å²) in [6, 6.07) is 10.4. The summed E-state index contributed by atoms with van der Waals surface area (Å²) >= 11 is 0. The monoisotopic (exact) mass is 399 g/mol. The predicted octanol–water partition coefficient (Wildman–Crippen LogP) is 2.17. The van der Waals surface area contributed by atoms with Crippen LogP contribution in [0.2, 0.25) is 0 Å². The second-order valence-electron chi connectivity index (χ2n) is 4.61. The standard InChI is InChI=1S/C15H21N5.HI/c1-13-4-6-14(7-5-13)12-18-15(16-2)17-9-11-20-10-3-8-19-20;/h3-8,10H,9,11-12H2,1-2H3,(H2,16,17,18);1H. The molecule has 1 aromatic carbocycles. The van der Waals surface area contributed by atoms with Gasteiger partial charge in [0.15, 0.2) is 5.96 Å². The molecule has 2 rings (SSSR count). The second-order valence-corrected chi connectivity index (χ2v) is 4.61. The first-order chi connectivity index (χ1) is 9.78. The fraction of sp³-hybridized carbons (Fsp3) is 0.333. The molecule has 0 bridgehead atoms. The van der Waals surface area contributed by atoms with Crippen LogP contribution in [0.4, 0.5) is 0 Å². The van der Waals surface area contributed by atoms with Crippen molar-refractivity contribution in [1.82, 2.24) is 20.4 Å². The fourth-order valence-electron chi connectivity index (χ4n) is 1.83. The molecule has 1 aromatic heterocycles. The third-order valence-corrected chi connectivity index (χ3v) is 3.00. The van der Waals surface area contributed by atoms with Crippen molar-refractivity contribution < 1.29 is 0 Å². The highest BCUT2D eigenvalue weighted by Gasteiger charge is 1.98. The van der Waals surface area contributed by atoms with Gasteiger partial charge in [0, 0.05) is 32.5 Å². The molecule has 0 aliphatic carbocycles. The lowest BCUT2D eigenvalue weighted by Crippen LogP contribution is -2.38. The molecule has 0 atom stereocenters. The number of aromatic nitrogens is 2. The van der Waals surface area contributed by atoms with E-state index in [4.69, 9.17) is 0 Å². The molecule has 114 valence electrons. The minimum absolute atomic E-state index is 0. The SMILES string of the molecule is CN=C(NCCn1cccn1)NCc1ccc(C)cc1.I. The number of aryl methyl sites for hydroxylation is 1. The van der Waals surface area contributed by atoms with Crippen LogP contribution in [0.3, 0.4) is 0 Å². The molecule has 1 heterocycles. The van der Waals surface area contributed by atoms with E-state index in [1.54, 1.807) is 13.2 Å². The van der Waals surface area contributed by atoms with Crippen molar-refractivity contribution in [2.45, 2.75) is 20.0 Å². The van der Waals surface area contributed by atoms with E-state index in [0.29, 0.717) is 0 Å². The van der Waals surface area contributed by atoms with Crippen LogP contribution in [0, 0.1) is 6.92 Å². The zero-order chi connectivity index (χ0) is 14.2. The molecule has 0 unspecified atom stereocenters. The summed E-state index contributed by atoms with van der Waals surface area (Å²) in [5.74, 6) is 0.803. The van der Waals surface area contributed by atoms with Crippen LogP contribution < -0.4 is 10.6 Å². The van der Waals surface area contributed by atoms with E-state index >= 15 is 0 Å². The average Bonchev–Trinajstić information content (AvgIpc) is 2.97. The normalized spacial score (nSPS) is 10.9. The third-order valence-electron chi connectivity index (χ3n) is 3.00. The predicted molar refractivity (Wildman–Crippen MR) is 97.0 cm³/mol. The van der Waals surface area contributed by atoms with Gasteiger partial charge in [-0.15, -0.1) is 24.0 Å². The molecular weight excluding hydrogens is 377 g/mol. The summed E-state index contributed by atoms with van der Waals surface area (Å²) in [5, 5.41) is 10.7. The van der Waals surface area contributed by atoms with Gasteiger partial charge < -0.3 is 10.6 Å². The van der Waals surface area contributed by atoms with Crippen molar-refractivity contribution >= 4 is 29.9 Å². The zero-order valence-corrected chi connectivity index (χ0v) is 14.7. The van der Waals surface area contributed by atoms with Gasteiger partial charge in [-0.2, -0.15) is 5.10 Å². The fourth-order valence-corrected chi connectivity index (χ4v) is 1.83. The highest BCUT2D eigenvalue weighted by atomic mass is 127. The van der Waals surface area contributed by atoms with Gasteiger partial charge in [0.05, 0.1) is 6.54 Å². The lowest BCUT2D eigenvalue weighted by atomic mass is 10.1. The Balaban J connectivity index is 0.00000220. The molecule has 0 aliphatic heterocycles. The van der Waals surface area contributed by atoms with E-state index in [-0.39, 0.29) is 24.0 Å². The van der Waals surface area contributed by atoms with Crippen LogP contribution in [0.15, 0.2) is 47.7 Å².